The lowest BCUT2D eigenvalue weighted by Gasteiger charge is -2.39. The molecule has 7 nitrogen and oxygen atoms in total. The van der Waals surface area contributed by atoms with Crippen LogP contribution in [0.3, 0.4) is 0 Å². The quantitative estimate of drug-likeness (QED) is 0.393. The number of nitrogens with one attached hydrogen (secondary N) is 2. The fourth-order valence-electron chi connectivity index (χ4n) is 3.29. The minimum atomic E-state index is -4.24. The Kier molecular flexibility index (Phi) is 8.12. The van der Waals surface area contributed by atoms with E-state index in [0.29, 0.717) is 31.2 Å². The molecule has 0 amide bonds. The molecule has 170 valence electrons. The number of aryl methyl sites for hydroxylation is 2. The second-order valence-electron chi connectivity index (χ2n) is 7.38. The van der Waals surface area contributed by atoms with Crippen LogP contribution in [0.2, 0.25) is 0 Å². The third kappa shape index (κ3) is 6.32. The van der Waals surface area contributed by atoms with Crippen molar-refractivity contribution in [2.75, 3.05) is 46.3 Å². The normalized spacial score (nSPS) is 17.8. The first-order chi connectivity index (χ1) is 14.0. The summed E-state index contributed by atoms with van der Waals surface area (Å²) in [7, 11) is -2.04. The number of aliphatic imine (C=N–C) groups is 1. The lowest BCUT2D eigenvalue weighted by Crippen LogP contribution is -2.57. The van der Waals surface area contributed by atoms with Crippen LogP contribution in [0.5, 0.6) is 0 Å². The molecule has 1 aliphatic rings. The average Bonchev–Trinajstić information content (AvgIpc) is 2.68. The summed E-state index contributed by atoms with van der Waals surface area (Å²) in [5.74, 6) is 0.542. The van der Waals surface area contributed by atoms with Gasteiger partial charge in [0.1, 0.15) is 6.04 Å². The summed E-state index contributed by atoms with van der Waals surface area (Å²) in [6.07, 6.45) is -4.24. The molecule has 0 saturated carbocycles. The Morgan fingerprint density at radius 3 is 2.37 bits per heavy atom. The highest BCUT2D eigenvalue weighted by atomic mass is 32.2. The molecule has 1 heterocycles. The number of hydrogen-bond acceptors (Lipinski definition) is 4. The molecule has 1 aromatic rings. The number of rotatable bonds is 6. The summed E-state index contributed by atoms with van der Waals surface area (Å²) < 4.78 is 66.3. The number of nitrogens with zero attached hydrogens (tertiary/aromatic N) is 3. The Balaban J connectivity index is 1.84. The number of piperazine rings is 1. The van der Waals surface area contributed by atoms with Crippen LogP contribution in [-0.4, -0.2) is 82.7 Å². The Morgan fingerprint density at radius 2 is 1.80 bits per heavy atom. The standard InChI is InChI=1S/C19H30F3N5O2S/c1-14-5-6-15(2)17(13-14)30(28,29)25-8-7-24-18(23-4)27-11-9-26(10-12-27)16(3)19(20,21)22/h5-6,13,16,25H,7-12H2,1-4H3,(H,23,24). The topological polar surface area (TPSA) is 77.0 Å². The van der Waals surface area contributed by atoms with E-state index in [-0.39, 0.29) is 24.5 Å². The van der Waals surface area contributed by atoms with Gasteiger partial charge in [-0.1, -0.05) is 12.1 Å². The first kappa shape index (κ1) is 24.4. The zero-order chi connectivity index (χ0) is 22.5. The lowest BCUT2D eigenvalue weighted by atomic mass is 10.2. The monoisotopic (exact) mass is 449 g/mol. The Morgan fingerprint density at radius 1 is 1.17 bits per heavy atom. The van der Waals surface area contributed by atoms with E-state index in [0.717, 1.165) is 5.56 Å². The maximum absolute atomic E-state index is 12.9. The van der Waals surface area contributed by atoms with Crippen molar-refractivity contribution >= 4 is 16.0 Å². The molecule has 0 aliphatic carbocycles. The predicted molar refractivity (Wildman–Crippen MR) is 111 cm³/mol. The fourth-order valence-corrected chi connectivity index (χ4v) is 4.65. The van der Waals surface area contributed by atoms with Crippen LogP contribution in [0.25, 0.3) is 0 Å². The van der Waals surface area contributed by atoms with Gasteiger partial charge in [0.15, 0.2) is 5.96 Å². The molecule has 30 heavy (non-hydrogen) atoms. The van der Waals surface area contributed by atoms with Gasteiger partial charge >= 0.3 is 6.18 Å². The van der Waals surface area contributed by atoms with Gasteiger partial charge in [-0.15, -0.1) is 0 Å². The SMILES string of the molecule is CN=C(NCCNS(=O)(=O)c1cc(C)ccc1C)N1CCN(C(C)C(F)(F)F)CC1. The van der Waals surface area contributed by atoms with Crippen LogP contribution in [0, 0.1) is 13.8 Å². The molecule has 11 heteroatoms. The van der Waals surface area contributed by atoms with Gasteiger partial charge in [-0.3, -0.25) is 9.89 Å². The van der Waals surface area contributed by atoms with E-state index in [1.54, 1.807) is 26.1 Å². The summed E-state index contributed by atoms with van der Waals surface area (Å²) in [6.45, 7) is 6.58. The Bertz CT molecular complexity index is 850. The van der Waals surface area contributed by atoms with Crippen molar-refractivity contribution in [2.45, 2.75) is 37.9 Å². The van der Waals surface area contributed by atoms with Crippen LogP contribution in [0.4, 0.5) is 13.2 Å². The number of alkyl halides is 3. The van der Waals surface area contributed by atoms with Gasteiger partial charge in [0.2, 0.25) is 10.0 Å². The molecule has 0 radical (unpaired) electrons. The molecule has 2 N–H and O–H groups in total. The predicted octanol–water partition coefficient (Wildman–Crippen LogP) is 1.73. The van der Waals surface area contributed by atoms with E-state index in [1.165, 1.54) is 11.8 Å². The minimum absolute atomic E-state index is 0.153. The van der Waals surface area contributed by atoms with Gasteiger partial charge < -0.3 is 10.2 Å². The zero-order valence-electron chi connectivity index (χ0n) is 17.8. The summed E-state index contributed by atoms with van der Waals surface area (Å²) in [5.41, 5.74) is 1.53. The molecule has 1 saturated heterocycles. The van der Waals surface area contributed by atoms with E-state index in [4.69, 9.17) is 0 Å². The number of guanidine groups is 1. The third-order valence-corrected chi connectivity index (χ3v) is 6.78. The highest BCUT2D eigenvalue weighted by Gasteiger charge is 2.41. The van der Waals surface area contributed by atoms with Crippen LogP contribution in [-0.2, 0) is 10.0 Å². The van der Waals surface area contributed by atoms with Crippen LogP contribution < -0.4 is 10.0 Å². The van der Waals surface area contributed by atoms with Gasteiger partial charge in [-0.25, -0.2) is 13.1 Å². The van der Waals surface area contributed by atoms with Crippen LogP contribution in [0.1, 0.15) is 18.1 Å². The smallest absolute Gasteiger partial charge is 0.355 e. The zero-order valence-corrected chi connectivity index (χ0v) is 18.6. The van der Waals surface area contributed by atoms with Gasteiger partial charge in [-0.05, 0) is 38.0 Å². The van der Waals surface area contributed by atoms with E-state index in [2.05, 4.69) is 15.0 Å². The average molecular weight is 450 g/mol. The molecule has 1 aromatic carbocycles. The second-order valence-corrected chi connectivity index (χ2v) is 9.12. The van der Waals surface area contributed by atoms with Crippen molar-refractivity contribution in [3.05, 3.63) is 29.3 Å². The Labute approximate surface area is 176 Å². The molecule has 0 aromatic heterocycles. The molecular weight excluding hydrogens is 419 g/mol. The summed E-state index contributed by atoms with van der Waals surface area (Å²) in [5, 5.41) is 3.07. The number of hydrogen-bond donors (Lipinski definition) is 2. The molecular formula is C19H30F3N5O2S. The van der Waals surface area contributed by atoms with E-state index >= 15 is 0 Å². The van der Waals surface area contributed by atoms with Crippen molar-refractivity contribution in [3.8, 4) is 0 Å². The fraction of sp³-hybridized carbons (Fsp3) is 0.632. The number of sulfonamides is 1. The second kappa shape index (κ2) is 9.97. The van der Waals surface area contributed by atoms with Crippen LogP contribution >= 0.6 is 0 Å². The summed E-state index contributed by atoms with van der Waals surface area (Å²) in [6, 6.07) is 3.78. The lowest BCUT2D eigenvalue weighted by molar-refractivity contribution is -0.181. The van der Waals surface area contributed by atoms with Gasteiger partial charge in [0, 0.05) is 46.3 Å². The van der Waals surface area contributed by atoms with Crippen molar-refractivity contribution in [3.63, 3.8) is 0 Å². The van der Waals surface area contributed by atoms with Crippen LogP contribution in [0.15, 0.2) is 28.1 Å². The maximum Gasteiger partial charge on any atom is 0.403 e. The maximum atomic E-state index is 12.9. The molecule has 0 spiro atoms. The van der Waals surface area contributed by atoms with Crippen molar-refractivity contribution < 1.29 is 21.6 Å². The summed E-state index contributed by atoms with van der Waals surface area (Å²) in [4.78, 5) is 7.69. The van der Waals surface area contributed by atoms with Crippen molar-refractivity contribution in [1.82, 2.24) is 19.8 Å². The number of halogens is 3. The first-order valence-electron chi connectivity index (χ1n) is 9.79. The largest absolute Gasteiger partial charge is 0.403 e. The molecule has 2 rings (SSSR count). The minimum Gasteiger partial charge on any atom is -0.355 e. The van der Waals surface area contributed by atoms with E-state index in [9.17, 15) is 21.6 Å². The molecule has 0 bridgehead atoms. The van der Waals surface area contributed by atoms with Gasteiger partial charge in [0.05, 0.1) is 4.90 Å². The van der Waals surface area contributed by atoms with Crippen molar-refractivity contribution in [2.24, 2.45) is 4.99 Å². The summed E-state index contributed by atoms with van der Waals surface area (Å²) >= 11 is 0. The van der Waals surface area contributed by atoms with Gasteiger partial charge in [0.25, 0.3) is 0 Å². The molecule has 1 unspecified atom stereocenters. The molecule has 1 atom stereocenters. The molecule has 1 fully saturated rings. The highest BCUT2D eigenvalue weighted by molar-refractivity contribution is 7.89. The Hall–Kier alpha value is -1.85. The molecule has 1 aliphatic heterocycles. The van der Waals surface area contributed by atoms with E-state index < -0.39 is 22.2 Å². The van der Waals surface area contributed by atoms with Crippen molar-refractivity contribution in [1.29, 1.82) is 0 Å². The number of benzene rings is 1. The third-order valence-electron chi connectivity index (χ3n) is 5.18. The highest BCUT2D eigenvalue weighted by Crippen LogP contribution is 2.25. The first-order valence-corrected chi connectivity index (χ1v) is 11.3. The van der Waals surface area contributed by atoms with E-state index in [1.807, 2.05) is 17.9 Å². The van der Waals surface area contributed by atoms with Gasteiger partial charge in [-0.2, -0.15) is 13.2 Å².